The lowest BCUT2D eigenvalue weighted by Crippen LogP contribution is -2.11. The number of hydrogen-bond donors (Lipinski definition) is 0. The summed E-state index contributed by atoms with van der Waals surface area (Å²) in [6.45, 7) is 1.47. The van der Waals surface area contributed by atoms with Gasteiger partial charge in [-0.3, -0.25) is 9.78 Å². The van der Waals surface area contributed by atoms with Crippen LogP contribution in [0.2, 0.25) is 0 Å². The number of nitrogens with zero attached hydrogens (tertiary/aromatic N) is 1. The van der Waals surface area contributed by atoms with Crippen LogP contribution in [0.1, 0.15) is 16.8 Å². The third kappa shape index (κ3) is 2.95. The van der Waals surface area contributed by atoms with Crippen molar-refractivity contribution in [3.63, 3.8) is 0 Å². The predicted octanol–water partition coefficient (Wildman–Crippen LogP) is 2.12. The van der Waals surface area contributed by atoms with E-state index >= 15 is 0 Å². The molecular formula is C10H10F3NO2. The zero-order valence-electron chi connectivity index (χ0n) is 8.76. The molecule has 0 atom stereocenters. The number of methoxy groups -OCH3 is 1. The Hall–Kier alpha value is -1.59. The van der Waals surface area contributed by atoms with Crippen LogP contribution in [0.5, 0.6) is 0 Å². The Labute approximate surface area is 90.2 Å². The van der Waals surface area contributed by atoms with Crippen LogP contribution in [-0.4, -0.2) is 18.1 Å². The van der Waals surface area contributed by atoms with Crippen LogP contribution >= 0.6 is 0 Å². The Balaban J connectivity index is 2.96. The van der Waals surface area contributed by atoms with Gasteiger partial charge in [-0.25, -0.2) is 0 Å². The summed E-state index contributed by atoms with van der Waals surface area (Å²) in [7, 11) is 1.21. The minimum atomic E-state index is -4.42. The van der Waals surface area contributed by atoms with E-state index in [-0.39, 0.29) is 6.42 Å². The largest absolute Gasteiger partial charge is 0.469 e. The van der Waals surface area contributed by atoms with Crippen molar-refractivity contribution in [1.82, 2.24) is 4.98 Å². The number of alkyl halides is 3. The van der Waals surface area contributed by atoms with Gasteiger partial charge in [0.1, 0.15) is 0 Å². The van der Waals surface area contributed by atoms with Crippen molar-refractivity contribution in [1.29, 1.82) is 0 Å². The van der Waals surface area contributed by atoms with Gasteiger partial charge in [-0.05, 0) is 18.6 Å². The second kappa shape index (κ2) is 4.51. The molecule has 1 aromatic heterocycles. The molecule has 1 aromatic rings. The van der Waals surface area contributed by atoms with E-state index in [1.807, 2.05) is 0 Å². The van der Waals surface area contributed by atoms with Crippen molar-refractivity contribution in [2.75, 3.05) is 7.11 Å². The zero-order chi connectivity index (χ0) is 12.3. The second-order valence-corrected chi connectivity index (χ2v) is 3.24. The summed E-state index contributed by atoms with van der Waals surface area (Å²) in [5.41, 5.74) is -0.210. The van der Waals surface area contributed by atoms with E-state index in [0.29, 0.717) is 17.5 Å². The number of aromatic nitrogens is 1. The maximum atomic E-state index is 12.3. The maximum Gasteiger partial charge on any atom is 0.417 e. The van der Waals surface area contributed by atoms with Crippen molar-refractivity contribution in [3.05, 3.63) is 29.1 Å². The third-order valence-corrected chi connectivity index (χ3v) is 2.05. The topological polar surface area (TPSA) is 39.2 Å². The number of carbonyl (C=O) groups excluding carboxylic acids is 1. The van der Waals surface area contributed by atoms with Gasteiger partial charge >= 0.3 is 12.1 Å². The van der Waals surface area contributed by atoms with Crippen LogP contribution in [0, 0.1) is 6.92 Å². The number of esters is 1. The molecule has 0 amide bonds. The van der Waals surface area contributed by atoms with E-state index in [9.17, 15) is 18.0 Å². The van der Waals surface area contributed by atoms with E-state index in [1.54, 1.807) is 0 Å². The van der Waals surface area contributed by atoms with Gasteiger partial charge in [0.2, 0.25) is 0 Å². The first-order valence-corrected chi connectivity index (χ1v) is 4.44. The van der Waals surface area contributed by atoms with Crippen molar-refractivity contribution >= 4 is 5.97 Å². The van der Waals surface area contributed by atoms with Gasteiger partial charge < -0.3 is 4.74 Å². The summed E-state index contributed by atoms with van der Waals surface area (Å²) in [5.74, 6) is -0.532. The molecule has 0 aromatic carbocycles. The molecule has 6 heteroatoms. The number of pyridine rings is 1. The normalized spacial score (nSPS) is 11.3. The fourth-order valence-electron chi connectivity index (χ4n) is 1.15. The maximum absolute atomic E-state index is 12.3. The van der Waals surface area contributed by atoms with E-state index < -0.39 is 17.7 Å². The highest BCUT2D eigenvalue weighted by Gasteiger charge is 2.31. The molecule has 88 valence electrons. The lowest BCUT2D eigenvalue weighted by molar-refractivity contribution is -0.139. The molecule has 0 aliphatic rings. The first kappa shape index (κ1) is 12.5. The number of rotatable bonds is 2. The Morgan fingerprint density at radius 3 is 2.56 bits per heavy atom. The van der Waals surface area contributed by atoms with Crippen molar-refractivity contribution in [2.45, 2.75) is 19.5 Å². The average molecular weight is 233 g/mol. The molecule has 0 fully saturated rings. The summed E-state index contributed by atoms with van der Waals surface area (Å²) < 4.78 is 41.3. The molecule has 0 saturated carbocycles. The number of halogens is 3. The lowest BCUT2D eigenvalue weighted by Gasteiger charge is -2.09. The quantitative estimate of drug-likeness (QED) is 0.734. The highest BCUT2D eigenvalue weighted by molar-refractivity contribution is 5.72. The summed E-state index contributed by atoms with van der Waals surface area (Å²) in [4.78, 5) is 14.5. The zero-order valence-corrected chi connectivity index (χ0v) is 8.76. The molecule has 1 heterocycles. The standard InChI is InChI=1S/C10H10F3NO2/c1-6-3-7(10(11,12)13)5-14-8(6)4-9(15)16-2/h3,5H,4H2,1-2H3. The lowest BCUT2D eigenvalue weighted by atomic mass is 10.1. The molecule has 0 bridgehead atoms. The van der Waals surface area contributed by atoms with Gasteiger partial charge in [0, 0.05) is 6.20 Å². The van der Waals surface area contributed by atoms with E-state index in [0.717, 1.165) is 6.07 Å². The van der Waals surface area contributed by atoms with Crippen LogP contribution < -0.4 is 0 Å². The van der Waals surface area contributed by atoms with Crippen molar-refractivity contribution in [2.24, 2.45) is 0 Å². The molecule has 3 nitrogen and oxygen atoms in total. The number of ether oxygens (including phenoxy) is 1. The Kier molecular flexibility index (Phi) is 3.51. The number of carbonyl (C=O) groups is 1. The summed E-state index contributed by atoms with van der Waals surface area (Å²) >= 11 is 0. The van der Waals surface area contributed by atoms with Gasteiger partial charge in [-0.15, -0.1) is 0 Å². The molecular weight excluding hydrogens is 223 g/mol. The minimum absolute atomic E-state index is 0.125. The highest BCUT2D eigenvalue weighted by atomic mass is 19.4. The number of aryl methyl sites for hydroxylation is 1. The summed E-state index contributed by atoms with van der Waals surface area (Å²) in [5, 5.41) is 0. The minimum Gasteiger partial charge on any atom is -0.469 e. The fraction of sp³-hybridized carbons (Fsp3) is 0.400. The molecule has 0 aliphatic carbocycles. The monoisotopic (exact) mass is 233 g/mol. The van der Waals surface area contributed by atoms with Gasteiger partial charge in [0.15, 0.2) is 0 Å². The summed E-state index contributed by atoms with van der Waals surface area (Å²) in [6, 6.07) is 0.964. The Bertz CT molecular complexity index is 402. The van der Waals surface area contributed by atoms with Crippen LogP contribution in [0.3, 0.4) is 0 Å². The summed E-state index contributed by atoms with van der Waals surface area (Å²) in [6.07, 6.45) is -3.83. The van der Waals surface area contributed by atoms with Crippen LogP contribution in [0.25, 0.3) is 0 Å². The molecule has 0 unspecified atom stereocenters. The molecule has 0 spiro atoms. The molecule has 16 heavy (non-hydrogen) atoms. The molecule has 0 radical (unpaired) electrons. The molecule has 0 N–H and O–H groups in total. The van der Waals surface area contributed by atoms with Gasteiger partial charge in [0.25, 0.3) is 0 Å². The molecule has 1 rings (SSSR count). The highest BCUT2D eigenvalue weighted by Crippen LogP contribution is 2.29. The first-order chi connectivity index (χ1) is 7.34. The smallest absolute Gasteiger partial charge is 0.417 e. The van der Waals surface area contributed by atoms with Crippen LogP contribution in [-0.2, 0) is 22.1 Å². The Morgan fingerprint density at radius 2 is 2.12 bits per heavy atom. The average Bonchev–Trinajstić information content (AvgIpc) is 2.19. The van der Waals surface area contributed by atoms with E-state index in [1.165, 1.54) is 14.0 Å². The fourth-order valence-corrected chi connectivity index (χ4v) is 1.15. The third-order valence-electron chi connectivity index (χ3n) is 2.05. The number of hydrogen-bond acceptors (Lipinski definition) is 3. The first-order valence-electron chi connectivity index (χ1n) is 4.44. The van der Waals surface area contributed by atoms with Crippen molar-refractivity contribution < 1.29 is 22.7 Å². The van der Waals surface area contributed by atoms with Gasteiger partial charge in [0.05, 0.1) is 24.8 Å². The van der Waals surface area contributed by atoms with Crippen LogP contribution in [0.4, 0.5) is 13.2 Å². The SMILES string of the molecule is COC(=O)Cc1ncc(C(F)(F)F)cc1C. The molecule has 0 saturated heterocycles. The van der Waals surface area contributed by atoms with E-state index in [4.69, 9.17) is 0 Å². The Morgan fingerprint density at radius 1 is 1.50 bits per heavy atom. The second-order valence-electron chi connectivity index (χ2n) is 3.24. The van der Waals surface area contributed by atoms with E-state index in [2.05, 4.69) is 9.72 Å². The van der Waals surface area contributed by atoms with Gasteiger partial charge in [-0.1, -0.05) is 0 Å². The molecule has 0 aliphatic heterocycles. The van der Waals surface area contributed by atoms with Crippen molar-refractivity contribution in [3.8, 4) is 0 Å². The van der Waals surface area contributed by atoms with Gasteiger partial charge in [-0.2, -0.15) is 13.2 Å². The predicted molar refractivity (Wildman–Crippen MR) is 49.7 cm³/mol. The van der Waals surface area contributed by atoms with Crippen LogP contribution in [0.15, 0.2) is 12.3 Å².